The van der Waals surface area contributed by atoms with Crippen LogP contribution in [0.1, 0.15) is 5.89 Å². The summed E-state index contributed by atoms with van der Waals surface area (Å²) in [6.07, 6.45) is 1.69. The summed E-state index contributed by atoms with van der Waals surface area (Å²) < 4.78 is 12.7. The van der Waals surface area contributed by atoms with Crippen LogP contribution in [-0.2, 0) is 7.05 Å². The summed E-state index contributed by atoms with van der Waals surface area (Å²) in [4.78, 5) is 8.65. The number of benzene rings is 1. The molecule has 0 unspecified atom stereocenters. The van der Waals surface area contributed by atoms with Gasteiger partial charge in [0.2, 0.25) is 0 Å². The van der Waals surface area contributed by atoms with Crippen LogP contribution in [0.2, 0.25) is 0 Å². The van der Waals surface area contributed by atoms with Gasteiger partial charge in [0, 0.05) is 20.0 Å². The lowest BCUT2D eigenvalue weighted by Gasteiger charge is -1.99. The summed E-state index contributed by atoms with van der Waals surface area (Å²) in [5, 5.41) is 0. The van der Waals surface area contributed by atoms with Gasteiger partial charge >= 0.3 is 0 Å². The van der Waals surface area contributed by atoms with Crippen molar-refractivity contribution in [2.45, 2.75) is 6.92 Å². The van der Waals surface area contributed by atoms with Gasteiger partial charge in [0.05, 0.1) is 24.3 Å². The van der Waals surface area contributed by atoms with Crippen molar-refractivity contribution in [2.24, 2.45) is 7.05 Å². The Morgan fingerprint density at radius 2 is 2.17 bits per heavy atom. The van der Waals surface area contributed by atoms with E-state index in [-0.39, 0.29) is 0 Å². The fraction of sp³-hybridized carbons (Fsp3) is 0.231. The van der Waals surface area contributed by atoms with Crippen molar-refractivity contribution in [3.05, 3.63) is 30.3 Å². The third-order valence-electron chi connectivity index (χ3n) is 2.93. The Bertz CT molecular complexity index is 712. The van der Waals surface area contributed by atoms with Crippen LogP contribution >= 0.6 is 0 Å². The first-order valence-electron chi connectivity index (χ1n) is 5.62. The number of nitrogens with zero attached hydrogens (tertiary/aromatic N) is 3. The molecule has 0 N–H and O–H groups in total. The van der Waals surface area contributed by atoms with Gasteiger partial charge < -0.3 is 13.7 Å². The monoisotopic (exact) mass is 243 g/mol. The Hall–Kier alpha value is -2.30. The lowest BCUT2D eigenvalue weighted by atomic mass is 10.3. The molecule has 18 heavy (non-hydrogen) atoms. The summed E-state index contributed by atoms with van der Waals surface area (Å²) >= 11 is 0. The molecule has 92 valence electrons. The van der Waals surface area contributed by atoms with E-state index in [1.165, 1.54) is 0 Å². The molecule has 5 heteroatoms. The summed E-state index contributed by atoms with van der Waals surface area (Å²) in [6, 6.07) is 5.80. The van der Waals surface area contributed by atoms with Crippen LogP contribution in [0.25, 0.3) is 22.6 Å². The molecule has 2 heterocycles. The molecule has 0 fully saturated rings. The van der Waals surface area contributed by atoms with Crippen molar-refractivity contribution in [1.29, 1.82) is 0 Å². The summed E-state index contributed by atoms with van der Waals surface area (Å²) in [7, 11) is 3.60. The SMILES string of the molecule is COc1ccc2c(c1)nc(-c1cnc(C)o1)n2C. The highest BCUT2D eigenvalue weighted by atomic mass is 16.5. The quantitative estimate of drug-likeness (QED) is 0.694. The first kappa shape index (κ1) is 10.8. The molecule has 5 nitrogen and oxygen atoms in total. The third-order valence-corrected chi connectivity index (χ3v) is 2.93. The highest BCUT2D eigenvalue weighted by Crippen LogP contribution is 2.26. The Balaban J connectivity index is 2.22. The second-order valence-corrected chi connectivity index (χ2v) is 4.09. The number of fused-ring (bicyclic) bond motifs is 1. The molecule has 0 radical (unpaired) electrons. The zero-order valence-corrected chi connectivity index (χ0v) is 10.5. The first-order valence-corrected chi connectivity index (χ1v) is 5.62. The maximum Gasteiger partial charge on any atom is 0.191 e. The molecule has 3 rings (SSSR count). The van der Waals surface area contributed by atoms with Gasteiger partial charge in [-0.25, -0.2) is 9.97 Å². The average molecular weight is 243 g/mol. The number of methoxy groups -OCH3 is 1. The van der Waals surface area contributed by atoms with E-state index >= 15 is 0 Å². The van der Waals surface area contributed by atoms with Gasteiger partial charge in [-0.15, -0.1) is 0 Å². The minimum Gasteiger partial charge on any atom is -0.497 e. The normalized spacial score (nSPS) is 11.1. The van der Waals surface area contributed by atoms with E-state index in [0.29, 0.717) is 11.7 Å². The predicted molar refractivity (Wildman–Crippen MR) is 67.5 cm³/mol. The lowest BCUT2D eigenvalue weighted by Crippen LogP contribution is -1.91. The third kappa shape index (κ3) is 1.55. The second-order valence-electron chi connectivity index (χ2n) is 4.09. The Morgan fingerprint density at radius 3 is 2.83 bits per heavy atom. The second kappa shape index (κ2) is 3.87. The van der Waals surface area contributed by atoms with Crippen molar-refractivity contribution in [3.8, 4) is 17.3 Å². The number of imidazole rings is 1. The number of hydrogen-bond acceptors (Lipinski definition) is 4. The zero-order chi connectivity index (χ0) is 12.7. The van der Waals surface area contributed by atoms with Crippen LogP contribution in [-0.4, -0.2) is 21.6 Å². The fourth-order valence-electron chi connectivity index (χ4n) is 1.99. The van der Waals surface area contributed by atoms with E-state index in [2.05, 4.69) is 9.97 Å². The number of ether oxygens (including phenoxy) is 1. The highest BCUT2D eigenvalue weighted by molar-refractivity contribution is 5.81. The van der Waals surface area contributed by atoms with Crippen LogP contribution in [0.15, 0.2) is 28.8 Å². The number of rotatable bonds is 2. The number of hydrogen-bond donors (Lipinski definition) is 0. The maximum absolute atomic E-state index is 5.51. The average Bonchev–Trinajstić information content (AvgIpc) is 2.93. The molecular weight excluding hydrogens is 230 g/mol. The number of aromatic nitrogens is 3. The number of aryl methyl sites for hydroxylation is 2. The van der Waals surface area contributed by atoms with Gasteiger partial charge in [-0.3, -0.25) is 0 Å². The van der Waals surface area contributed by atoms with E-state index < -0.39 is 0 Å². The van der Waals surface area contributed by atoms with Crippen molar-refractivity contribution in [2.75, 3.05) is 7.11 Å². The topological polar surface area (TPSA) is 53.1 Å². The molecule has 2 aromatic heterocycles. The predicted octanol–water partition coefficient (Wildman–Crippen LogP) is 2.55. The van der Waals surface area contributed by atoms with Gasteiger partial charge in [-0.05, 0) is 12.1 Å². The van der Waals surface area contributed by atoms with E-state index in [0.717, 1.165) is 22.6 Å². The summed E-state index contributed by atoms with van der Waals surface area (Å²) in [6.45, 7) is 1.81. The van der Waals surface area contributed by atoms with Crippen molar-refractivity contribution in [1.82, 2.24) is 14.5 Å². The van der Waals surface area contributed by atoms with Crippen LogP contribution < -0.4 is 4.74 Å². The molecule has 0 amide bonds. The molecule has 1 aromatic carbocycles. The van der Waals surface area contributed by atoms with Crippen LogP contribution in [0.4, 0.5) is 0 Å². The highest BCUT2D eigenvalue weighted by Gasteiger charge is 2.13. The molecular formula is C13H13N3O2. The Labute approximate surface area is 104 Å². The zero-order valence-electron chi connectivity index (χ0n) is 10.5. The largest absolute Gasteiger partial charge is 0.497 e. The summed E-state index contributed by atoms with van der Waals surface area (Å²) in [5.41, 5.74) is 1.90. The van der Waals surface area contributed by atoms with E-state index in [1.54, 1.807) is 13.3 Å². The number of oxazole rings is 1. The molecule has 0 saturated heterocycles. The van der Waals surface area contributed by atoms with Gasteiger partial charge in [0.1, 0.15) is 5.75 Å². The van der Waals surface area contributed by atoms with Gasteiger partial charge in [-0.2, -0.15) is 0 Å². The standard InChI is InChI=1S/C13H13N3O2/c1-8-14-7-12(18-8)13-15-10-6-9(17-3)4-5-11(10)16(13)2/h4-7H,1-3H3. The first-order chi connectivity index (χ1) is 8.69. The smallest absolute Gasteiger partial charge is 0.191 e. The van der Waals surface area contributed by atoms with Gasteiger partial charge in [0.15, 0.2) is 17.5 Å². The summed E-state index contributed by atoms with van der Waals surface area (Å²) in [5.74, 6) is 2.86. The Morgan fingerprint density at radius 1 is 1.33 bits per heavy atom. The van der Waals surface area contributed by atoms with Crippen LogP contribution in [0.5, 0.6) is 5.75 Å². The fourth-order valence-corrected chi connectivity index (χ4v) is 1.99. The molecule has 0 aliphatic rings. The van der Waals surface area contributed by atoms with E-state index in [4.69, 9.17) is 9.15 Å². The molecule has 0 aliphatic heterocycles. The van der Waals surface area contributed by atoms with E-state index in [1.807, 2.05) is 36.7 Å². The van der Waals surface area contributed by atoms with Gasteiger partial charge in [0.25, 0.3) is 0 Å². The Kier molecular flexibility index (Phi) is 2.33. The van der Waals surface area contributed by atoms with E-state index in [9.17, 15) is 0 Å². The van der Waals surface area contributed by atoms with Crippen molar-refractivity contribution in [3.63, 3.8) is 0 Å². The maximum atomic E-state index is 5.51. The molecule has 0 spiro atoms. The van der Waals surface area contributed by atoms with Crippen molar-refractivity contribution < 1.29 is 9.15 Å². The van der Waals surface area contributed by atoms with Gasteiger partial charge in [-0.1, -0.05) is 0 Å². The molecule has 3 aromatic rings. The molecule has 0 aliphatic carbocycles. The van der Waals surface area contributed by atoms with Crippen LogP contribution in [0.3, 0.4) is 0 Å². The lowest BCUT2D eigenvalue weighted by molar-refractivity contribution is 0.415. The minimum atomic E-state index is 0.634. The molecule has 0 bridgehead atoms. The van der Waals surface area contributed by atoms with Crippen molar-refractivity contribution >= 4 is 11.0 Å². The van der Waals surface area contributed by atoms with Crippen LogP contribution in [0, 0.1) is 6.92 Å². The minimum absolute atomic E-state index is 0.634. The molecule has 0 saturated carbocycles. The molecule has 0 atom stereocenters.